The molecule has 4 heteroatoms. The first kappa shape index (κ1) is 15.7. The molecule has 1 aliphatic heterocycles. The van der Waals surface area contributed by atoms with Gasteiger partial charge in [-0.2, -0.15) is 0 Å². The molecule has 3 rings (SSSR count). The number of nitrogens with zero attached hydrogens (tertiary/aromatic N) is 1. The van der Waals surface area contributed by atoms with Gasteiger partial charge in [0.05, 0.1) is 5.56 Å². The number of halogens is 1. The Bertz CT molecular complexity index is 706. The topological polar surface area (TPSA) is 40.5 Å². The number of hydrogen-bond acceptors (Lipinski definition) is 2. The van der Waals surface area contributed by atoms with Crippen LogP contribution >= 0.6 is 0 Å². The number of benzene rings is 2. The lowest BCUT2D eigenvalue weighted by atomic mass is 9.87. The van der Waals surface area contributed by atoms with Crippen molar-refractivity contribution in [3.8, 4) is 0 Å². The number of aromatic carboxylic acids is 1. The summed E-state index contributed by atoms with van der Waals surface area (Å²) in [5, 5.41) is 8.90. The van der Waals surface area contributed by atoms with Gasteiger partial charge in [-0.05, 0) is 35.2 Å². The van der Waals surface area contributed by atoms with Gasteiger partial charge in [0.15, 0.2) is 5.67 Å². The molecular weight excluding hydrogens is 293 g/mol. The van der Waals surface area contributed by atoms with Crippen molar-refractivity contribution in [3.63, 3.8) is 0 Å². The van der Waals surface area contributed by atoms with E-state index >= 15 is 0 Å². The summed E-state index contributed by atoms with van der Waals surface area (Å²) in [6.07, 6.45) is 0.997. The first-order chi connectivity index (χ1) is 11.0. The van der Waals surface area contributed by atoms with Crippen molar-refractivity contribution in [1.82, 2.24) is 4.90 Å². The maximum Gasteiger partial charge on any atom is 0.335 e. The summed E-state index contributed by atoms with van der Waals surface area (Å²) in [7, 11) is 0. The molecule has 23 heavy (non-hydrogen) atoms. The molecule has 0 amide bonds. The molecule has 0 unspecified atom stereocenters. The van der Waals surface area contributed by atoms with E-state index in [0.29, 0.717) is 18.7 Å². The van der Waals surface area contributed by atoms with Gasteiger partial charge in [-0.25, -0.2) is 9.18 Å². The van der Waals surface area contributed by atoms with Crippen LogP contribution in [-0.4, -0.2) is 29.1 Å². The van der Waals surface area contributed by atoms with Crippen LogP contribution in [0.2, 0.25) is 0 Å². The number of carbonyl (C=O) groups is 1. The summed E-state index contributed by atoms with van der Waals surface area (Å²) in [5.41, 5.74) is 1.86. The number of aryl methyl sites for hydroxylation is 1. The van der Waals surface area contributed by atoms with Crippen LogP contribution in [0.15, 0.2) is 48.5 Å². The predicted octanol–water partition coefficient (Wildman–Crippen LogP) is 3.63. The lowest BCUT2D eigenvalue weighted by Gasteiger charge is -2.45. The molecular formula is C19H20FNO2. The SMILES string of the molecule is CCc1cccc(CN2CC(F)(c3ccc(C(=O)O)cc3)C2)c1. The molecule has 1 heterocycles. The van der Waals surface area contributed by atoms with E-state index in [2.05, 4.69) is 30.0 Å². The molecule has 1 N–H and O–H groups in total. The fourth-order valence-electron chi connectivity index (χ4n) is 3.07. The van der Waals surface area contributed by atoms with E-state index in [1.807, 2.05) is 6.07 Å². The lowest BCUT2D eigenvalue weighted by Crippen LogP contribution is -2.56. The van der Waals surface area contributed by atoms with E-state index < -0.39 is 11.6 Å². The molecule has 1 saturated heterocycles. The molecule has 0 spiro atoms. The molecule has 0 bridgehead atoms. The Morgan fingerprint density at radius 3 is 2.43 bits per heavy atom. The Morgan fingerprint density at radius 1 is 1.17 bits per heavy atom. The van der Waals surface area contributed by atoms with Crippen molar-refractivity contribution in [2.45, 2.75) is 25.6 Å². The van der Waals surface area contributed by atoms with Crippen molar-refractivity contribution in [3.05, 3.63) is 70.8 Å². The molecule has 2 aromatic carbocycles. The average Bonchev–Trinajstić information content (AvgIpc) is 2.53. The summed E-state index contributed by atoms with van der Waals surface area (Å²) in [5.74, 6) is -0.990. The van der Waals surface area contributed by atoms with Gasteiger partial charge < -0.3 is 5.11 Å². The van der Waals surface area contributed by atoms with Crippen molar-refractivity contribution >= 4 is 5.97 Å². The molecule has 0 aliphatic carbocycles. The minimum Gasteiger partial charge on any atom is -0.478 e. The number of alkyl halides is 1. The van der Waals surface area contributed by atoms with E-state index in [4.69, 9.17) is 5.11 Å². The van der Waals surface area contributed by atoms with Crippen molar-refractivity contribution in [1.29, 1.82) is 0 Å². The summed E-state index contributed by atoms with van der Waals surface area (Å²) < 4.78 is 14.9. The van der Waals surface area contributed by atoms with Crippen molar-refractivity contribution in [2.75, 3.05) is 13.1 Å². The van der Waals surface area contributed by atoms with Crippen LogP contribution in [0.4, 0.5) is 4.39 Å². The zero-order valence-corrected chi connectivity index (χ0v) is 13.1. The van der Waals surface area contributed by atoms with Crippen molar-refractivity contribution in [2.24, 2.45) is 0 Å². The third kappa shape index (κ3) is 3.27. The highest BCUT2D eigenvalue weighted by atomic mass is 19.1. The molecule has 0 radical (unpaired) electrons. The molecule has 120 valence electrons. The van der Waals surface area contributed by atoms with E-state index in [-0.39, 0.29) is 5.56 Å². The molecule has 2 aromatic rings. The average molecular weight is 313 g/mol. The third-order valence-electron chi connectivity index (χ3n) is 4.40. The van der Waals surface area contributed by atoms with Gasteiger partial charge in [-0.15, -0.1) is 0 Å². The largest absolute Gasteiger partial charge is 0.478 e. The van der Waals surface area contributed by atoms with Crippen LogP contribution in [0.1, 0.15) is 34.0 Å². The van der Waals surface area contributed by atoms with Crippen molar-refractivity contribution < 1.29 is 14.3 Å². The van der Waals surface area contributed by atoms with Gasteiger partial charge >= 0.3 is 5.97 Å². The van der Waals surface area contributed by atoms with Gasteiger partial charge in [0, 0.05) is 19.6 Å². The normalized spacial score (nSPS) is 16.8. The van der Waals surface area contributed by atoms with E-state index in [9.17, 15) is 9.18 Å². The molecule has 1 fully saturated rings. The van der Waals surface area contributed by atoms with E-state index in [0.717, 1.165) is 13.0 Å². The number of rotatable bonds is 5. The molecule has 0 aromatic heterocycles. The second kappa shape index (κ2) is 6.13. The minimum atomic E-state index is -1.38. The zero-order chi connectivity index (χ0) is 16.4. The minimum absolute atomic E-state index is 0.185. The highest BCUT2D eigenvalue weighted by Crippen LogP contribution is 2.37. The molecule has 3 nitrogen and oxygen atoms in total. The Labute approximate surface area is 135 Å². The first-order valence-corrected chi connectivity index (χ1v) is 7.83. The quantitative estimate of drug-likeness (QED) is 0.916. The lowest BCUT2D eigenvalue weighted by molar-refractivity contribution is -0.0417. The Morgan fingerprint density at radius 2 is 1.83 bits per heavy atom. The van der Waals surface area contributed by atoms with Crippen LogP contribution in [0.5, 0.6) is 0 Å². The summed E-state index contributed by atoms with van der Waals surface area (Å²) in [4.78, 5) is 12.9. The molecule has 0 saturated carbocycles. The van der Waals surface area contributed by atoms with Gasteiger partial charge in [0.2, 0.25) is 0 Å². The van der Waals surface area contributed by atoms with Crippen LogP contribution < -0.4 is 0 Å². The smallest absolute Gasteiger partial charge is 0.335 e. The monoisotopic (exact) mass is 313 g/mol. The maximum absolute atomic E-state index is 14.9. The van der Waals surface area contributed by atoms with Gasteiger partial charge in [0.25, 0.3) is 0 Å². The Kier molecular flexibility index (Phi) is 4.18. The highest BCUT2D eigenvalue weighted by molar-refractivity contribution is 5.87. The number of hydrogen-bond donors (Lipinski definition) is 1. The van der Waals surface area contributed by atoms with Crippen LogP contribution in [0.3, 0.4) is 0 Å². The zero-order valence-electron chi connectivity index (χ0n) is 13.1. The fraction of sp³-hybridized carbons (Fsp3) is 0.316. The van der Waals surface area contributed by atoms with Gasteiger partial charge in [-0.1, -0.05) is 43.3 Å². The molecule has 1 aliphatic rings. The maximum atomic E-state index is 14.9. The van der Waals surface area contributed by atoms with Crippen LogP contribution in [0, 0.1) is 0 Å². The summed E-state index contributed by atoms with van der Waals surface area (Å²) in [6.45, 7) is 3.55. The number of carboxylic acid groups (broad SMARTS) is 1. The first-order valence-electron chi connectivity index (χ1n) is 7.83. The summed E-state index contributed by atoms with van der Waals surface area (Å²) >= 11 is 0. The fourth-order valence-corrected chi connectivity index (χ4v) is 3.07. The van der Waals surface area contributed by atoms with Crippen LogP contribution in [-0.2, 0) is 18.6 Å². The Hall–Kier alpha value is -2.20. The van der Waals surface area contributed by atoms with Gasteiger partial charge in [0.1, 0.15) is 0 Å². The number of likely N-dealkylation sites (tertiary alicyclic amines) is 1. The van der Waals surface area contributed by atoms with Gasteiger partial charge in [-0.3, -0.25) is 4.90 Å². The van der Waals surface area contributed by atoms with E-state index in [1.165, 1.54) is 23.3 Å². The number of carboxylic acids is 1. The standard InChI is InChI=1S/C19H20FNO2/c1-2-14-4-3-5-15(10-14)11-21-12-19(20,13-21)17-8-6-16(7-9-17)18(22)23/h3-10H,2,11-13H2,1H3,(H,22,23). The third-order valence-corrected chi connectivity index (χ3v) is 4.40. The predicted molar refractivity (Wildman–Crippen MR) is 87.3 cm³/mol. The second-order valence-corrected chi connectivity index (χ2v) is 6.17. The molecule has 0 atom stereocenters. The summed E-state index contributed by atoms with van der Waals surface area (Å²) in [6, 6.07) is 14.5. The highest BCUT2D eigenvalue weighted by Gasteiger charge is 2.44. The van der Waals surface area contributed by atoms with Crippen LogP contribution in [0.25, 0.3) is 0 Å². The second-order valence-electron chi connectivity index (χ2n) is 6.17. The Balaban J connectivity index is 1.63. The van der Waals surface area contributed by atoms with E-state index in [1.54, 1.807) is 12.1 Å².